The number of carbonyl (C=O) groups excluding carboxylic acids is 1. The normalized spacial score (nSPS) is 10.3. The number of benzene rings is 1. The van der Waals surface area contributed by atoms with Gasteiger partial charge in [0.05, 0.1) is 7.11 Å². The first-order chi connectivity index (χ1) is 10.0. The summed E-state index contributed by atoms with van der Waals surface area (Å²) in [5.74, 6) is -0.534. The minimum Gasteiger partial charge on any atom is -0.480 e. The van der Waals surface area contributed by atoms with Crippen LogP contribution in [0.25, 0.3) is 0 Å². The molecule has 2 rings (SSSR count). The molecule has 21 heavy (non-hydrogen) atoms. The van der Waals surface area contributed by atoms with Gasteiger partial charge in [-0.25, -0.2) is 9.37 Å². The molecule has 0 bridgehead atoms. The van der Waals surface area contributed by atoms with Gasteiger partial charge in [0.15, 0.2) is 0 Å². The monoisotopic (exact) mass is 308 g/mol. The smallest absolute Gasteiger partial charge is 0.259 e. The quantitative estimate of drug-likeness (QED) is 0.871. The molecule has 6 heteroatoms. The van der Waals surface area contributed by atoms with Gasteiger partial charge in [0.1, 0.15) is 11.4 Å². The highest BCUT2D eigenvalue weighted by Crippen LogP contribution is 2.22. The van der Waals surface area contributed by atoms with Gasteiger partial charge in [0.2, 0.25) is 5.88 Å². The van der Waals surface area contributed by atoms with Crippen molar-refractivity contribution in [3.8, 4) is 5.88 Å². The summed E-state index contributed by atoms with van der Waals surface area (Å²) in [5, 5.41) is 0.285. The number of hydrogen-bond acceptors (Lipinski definition) is 3. The molecule has 0 saturated heterocycles. The van der Waals surface area contributed by atoms with E-state index in [9.17, 15) is 9.18 Å². The number of methoxy groups -OCH3 is 1. The highest BCUT2D eigenvalue weighted by Gasteiger charge is 2.19. The zero-order chi connectivity index (χ0) is 15.4. The summed E-state index contributed by atoms with van der Waals surface area (Å²) in [7, 11) is 3.00. The molecular formula is C15H14ClFN2O2. The Labute approximate surface area is 127 Å². The van der Waals surface area contributed by atoms with Crippen molar-refractivity contribution in [2.24, 2.45) is 0 Å². The maximum Gasteiger partial charge on any atom is 0.259 e. The maximum absolute atomic E-state index is 13.8. The van der Waals surface area contributed by atoms with Gasteiger partial charge < -0.3 is 9.64 Å². The summed E-state index contributed by atoms with van der Waals surface area (Å²) >= 11 is 5.97. The molecule has 110 valence electrons. The molecule has 0 aliphatic rings. The van der Waals surface area contributed by atoms with E-state index in [2.05, 4.69) is 4.98 Å². The second-order valence-electron chi connectivity index (χ2n) is 4.42. The van der Waals surface area contributed by atoms with Crippen LogP contribution < -0.4 is 4.74 Å². The first kappa shape index (κ1) is 15.3. The number of rotatable bonds is 4. The molecule has 1 aromatic carbocycles. The van der Waals surface area contributed by atoms with Crippen molar-refractivity contribution in [2.45, 2.75) is 6.54 Å². The number of carbonyl (C=O) groups is 1. The fourth-order valence-corrected chi connectivity index (χ4v) is 2.14. The Bertz CT molecular complexity index is 644. The van der Waals surface area contributed by atoms with Gasteiger partial charge in [-0.1, -0.05) is 17.7 Å². The molecule has 1 aromatic heterocycles. The Balaban J connectivity index is 2.24. The predicted molar refractivity (Wildman–Crippen MR) is 78.0 cm³/mol. The molecule has 2 aromatic rings. The van der Waals surface area contributed by atoms with Crippen LogP contribution in [0.4, 0.5) is 4.39 Å². The van der Waals surface area contributed by atoms with Crippen molar-refractivity contribution >= 4 is 17.5 Å². The number of hydrogen-bond donors (Lipinski definition) is 0. The van der Waals surface area contributed by atoms with Crippen molar-refractivity contribution in [1.82, 2.24) is 9.88 Å². The van der Waals surface area contributed by atoms with Crippen LogP contribution in [0.3, 0.4) is 0 Å². The van der Waals surface area contributed by atoms with E-state index in [1.807, 2.05) is 0 Å². The average Bonchev–Trinajstić information content (AvgIpc) is 2.50. The molecule has 0 fully saturated rings. The van der Waals surface area contributed by atoms with Crippen LogP contribution in [-0.2, 0) is 6.54 Å². The Morgan fingerprint density at radius 3 is 2.81 bits per heavy atom. The Morgan fingerprint density at radius 2 is 2.14 bits per heavy atom. The molecule has 0 saturated carbocycles. The summed E-state index contributed by atoms with van der Waals surface area (Å²) in [5.41, 5.74) is 0.591. The van der Waals surface area contributed by atoms with E-state index >= 15 is 0 Å². The van der Waals surface area contributed by atoms with Crippen molar-refractivity contribution in [1.29, 1.82) is 0 Å². The van der Waals surface area contributed by atoms with E-state index < -0.39 is 5.82 Å². The highest BCUT2D eigenvalue weighted by molar-refractivity contribution is 6.31. The van der Waals surface area contributed by atoms with Crippen molar-refractivity contribution in [3.05, 3.63) is 58.5 Å². The van der Waals surface area contributed by atoms with Gasteiger partial charge in [-0.05, 0) is 24.3 Å². The number of amides is 1. The number of halogens is 2. The fraction of sp³-hybridized carbons (Fsp3) is 0.200. The Kier molecular flexibility index (Phi) is 4.75. The van der Waals surface area contributed by atoms with E-state index in [0.29, 0.717) is 5.56 Å². The number of pyridine rings is 1. The highest BCUT2D eigenvalue weighted by atomic mass is 35.5. The lowest BCUT2D eigenvalue weighted by atomic mass is 10.1. The zero-order valence-corrected chi connectivity index (χ0v) is 12.4. The third-order valence-electron chi connectivity index (χ3n) is 3.00. The third kappa shape index (κ3) is 3.31. The number of nitrogens with zero attached hydrogens (tertiary/aromatic N) is 2. The minimum atomic E-state index is -0.444. The third-order valence-corrected chi connectivity index (χ3v) is 3.35. The van der Waals surface area contributed by atoms with Gasteiger partial charge in [-0.2, -0.15) is 0 Å². The summed E-state index contributed by atoms with van der Waals surface area (Å²) in [6.07, 6.45) is 1.53. The second-order valence-corrected chi connectivity index (χ2v) is 4.83. The van der Waals surface area contributed by atoms with Gasteiger partial charge in [-0.3, -0.25) is 4.79 Å². The summed E-state index contributed by atoms with van der Waals surface area (Å²) in [6.45, 7) is 0.0579. The van der Waals surface area contributed by atoms with Crippen LogP contribution in [0.15, 0.2) is 36.5 Å². The summed E-state index contributed by atoms with van der Waals surface area (Å²) in [4.78, 5) is 17.7. The van der Waals surface area contributed by atoms with Crippen molar-refractivity contribution in [2.75, 3.05) is 14.2 Å². The van der Waals surface area contributed by atoms with Gasteiger partial charge in [0.25, 0.3) is 5.91 Å². The Hall–Kier alpha value is -2.14. The molecule has 1 heterocycles. The molecular weight excluding hydrogens is 295 g/mol. The zero-order valence-electron chi connectivity index (χ0n) is 11.6. The number of ether oxygens (including phenoxy) is 1. The average molecular weight is 309 g/mol. The largest absolute Gasteiger partial charge is 0.480 e. The molecule has 0 radical (unpaired) electrons. The number of aromatic nitrogens is 1. The molecule has 0 aliphatic heterocycles. The van der Waals surface area contributed by atoms with E-state index in [-0.39, 0.29) is 28.9 Å². The molecule has 0 spiro atoms. The lowest BCUT2D eigenvalue weighted by Crippen LogP contribution is -2.27. The molecule has 0 unspecified atom stereocenters. The molecule has 0 atom stereocenters. The van der Waals surface area contributed by atoms with Crippen molar-refractivity contribution < 1.29 is 13.9 Å². The molecule has 0 N–H and O–H groups in total. The lowest BCUT2D eigenvalue weighted by molar-refractivity contribution is 0.0779. The summed E-state index contributed by atoms with van der Waals surface area (Å²) < 4.78 is 18.8. The van der Waals surface area contributed by atoms with E-state index in [4.69, 9.17) is 16.3 Å². The van der Waals surface area contributed by atoms with Crippen LogP contribution in [-0.4, -0.2) is 29.9 Å². The van der Waals surface area contributed by atoms with Crippen LogP contribution in [0, 0.1) is 5.82 Å². The molecule has 0 aliphatic carbocycles. The van der Waals surface area contributed by atoms with Gasteiger partial charge in [0, 0.05) is 30.4 Å². The van der Waals surface area contributed by atoms with E-state index in [1.54, 1.807) is 25.2 Å². The summed E-state index contributed by atoms with van der Waals surface area (Å²) in [6, 6.07) is 7.66. The van der Waals surface area contributed by atoms with Gasteiger partial charge in [-0.15, -0.1) is 0 Å². The predicted octanol–water partition coefficient (Wildman–Crippen LogP) is 3.15. The van der Waals surface area contributed by atoms with E-state index in [1.165, 1.54) is 30.3 Å². The first-order valence-corrected chi connectivity index (χ1v) is 6.59. The molecule has 4 nitrogen and oxygen atoms in total. The first-order valence-electron chi connectivity index (χ1n) is 6.22. The minimum absolute atomic E-state index is 0.0579. The van der Waals surface area contributed by atoms with Crippen LogP contribution in [0.2, 0.25) is 5.02 Å². The standard InChI is InChI=1S/C15H14ClFN2O2/c1-19(9-11-12(16)6-3-7-13(11)17)15(20)10-5-4-8-18-14(10)21-2/h3-8H,9H2,1-2H3. The lowest BCUT2D eigenvalue weighted by Gasteiger charge is -2.19. The molecule has 1 amide bonds. The van der Waals surface area contributed by atoms with Crippen LogP contribution in [0.1, 0.15) is 15.9 Å². The Morgan fingerprint density at radius 1 is 1.38 bits per heavy atom. The second kappa shape index (κ2) is 6.54. The van der Waals surface area contributed by atoms with Gasteiger partial charge >= 0.3 is 0 Å². The van der Waals surface area contributed by atoms with Crippen LogP contribution in [0.5, 0.6) is 5.88 Å². The van der Waals surface area contributed by atoms with E-state index in [0.717, 1.165) is 0 Å². The SMILES string of the molecule is COc1ncccc1C(=O)N(C)Cc1c(F)cccc1Cl. The van der Waals surface area contributed by atoms with Crippen molar-refractivity contribution in [3.63, 3.8) is 0 Å². The topological polar surface area (TPSA) is 42.4 Å². The fourth-order valence-electron chi connectivity index (χ4n) is 1.91. The maximum atomic E-state index is 13.8. The van der Waals surface area contributed by atoms with Crippen LogP contribution >= 0.6 is 11.6 Å².